The number of carbonyl (C=O) groups is 2. The lowest BCUT2D eigenvalue weighted by molar-refractivity contribution is -0.143. The van der Waals surface area contributed by atoms with Crippen molar-refractivity contribution in [2.45, 2.75) is 10.9 Å². The molecule has 0 aliphatic carbocycles. The number of nitrogens with zero attached hydrogens (tertiary/aromatic N) is 1. The Hall–Kier alpha value is -1.91. The first-order valence-corrected chi connectivity index (χ1v) is 7.34. The molecular weight excluding hydrogens is 302 g/mol. The van der Waals surface area contributed by atoms with E-state index in [-0.39, 0.29) is 10.6 Å². The lowest BCUT2D eigenvalue weighted by Gasteiger charge is -2.13. The van der Waals surface area contributed by atoms with Crippen molar-refractivity contribution in [1.29, 1.82) is 0 Å². The van der Waals surface area contributed by atoms with Crippen molar-refractivity contribution in [3.63, 3.8) is 0 Å². The molecule has 0 saturated heterocycles. The molecule has 1 atom stereocenters. The van der Waals surface area contributed by atoms with Crippen molar-refractivity contribution in [3.8, 4) is 0 Å². The molecule has 10 heteroatoms. The summed E-state index contributed by atoms with van der Waals surface area (Å²) in [6, 6.07) is -0.254. The first-order valence-electron chi connectivity index (χ1n) is 5.86. The SMILES string of the molecule is CNC(=O)c1cc(S(=O)(=O)NC(CO)C(=O)OC)cn1C. The minimum atomic E-state index is -4.08. The van der Waals surface area contributed by atoms with Crippen LogP contribution in [0, 0.1) is 0 Å². The van der Waals surface area contributed by atoms with Crippen LogP contribution < -0.4 is 10.0 Å². The molecule has 21 heavy (non-hydrogen) atoms. The minimum Gasteiger partial charge on any atom is -0.468 e. The number of sulfonamides is 1. The molecule has 1 aromatic rings. The van der Waals surface area contributed by atoms with Crippen LogP contribution in [0.25, 0.3) is 0 Å². The van der Waals surface area contributed by atoms with Gasteiger partial charge in [-0.05, 0) is 6.07 Å². The van der Waals surface area contributed by atoms with Gasteiger partial charge in [-0.1, -0.05) is 0 Å². The minimum absolute atomic E-state index is 0.136. The highest BCUT2D eigenvalue weighted by atomic mass is 32.2. The van der Waals surface area contributed by atoms with Crippen LogP contribution in [-0.4, -0.2) is 56.8 Å². The number of aryl methyl sites for hydroxylation is 1. The number of carbonyl (C=O) groups excluding carboxylic acids is 2. The number of rotatable bonds is 6. The summed E-state index contributed by atoms with van der Waals surface area (Å²) in [7, 11) is -0.0821. The van der Waals surface area contributed by atoms with Gasteiger partial charge in [-0.3, -0.25) is 9.59 Å². The van der Waals surface area contributed by atoms with Gasteiger partial charge in [0.05, 0.1) is 13.7 Å². The summed E-state index contributed by atoms with van der Waals surface area (Å²) < 4.78 is 32.0. The van der Waals surface area contributed by atoms with E-state index in [1.54, 1.807) is 0 Å². The Morgan fingerprint density at radius 3 is 2.57 bits per heavy atom. The predicted octanol–water partition coefficient (Wildman–Crippen LogP) is -1.80. The molecular formula is C11H17N3O6S. The smallest absolute Gasteiger partial charge is 0.326 e. The van der Waals surface area contributed by atoms with Crippen LogP contribution in [0.15, 0.2) is 17.2 Å². The Morgan fingerprint density at radius 1 is 1.48 bits per heavy atom. The lowest BCUT2D eigenvalue weighted by atomic mass is 10.3. The standard InChI is InChI=1S/C11H17N3O6S/c1-12-10(16)9-4-7(5-14(9)2)21(18,19)13-8(6-15)11(17)20-3/h4-5,8,13,15H,6H2,1-3H3,(H,12,16). The zero-order chi connectivity index (χ0) is 16.2. The number of hydrogen-bond acceptors (Lipinski definition) is 6. The van der Waals surface area contributed by atoms with Crippen molar-refractivity contribution in [1.82, 2.24) is 14.6 Å². The van der Waals surface area contributed by atoms with E-state index in [2.05, 4.69) is 10.1 Å². The molecule has 0 radical (unpaired) electrons. The maximum Gasteiger partial charge on any atom is 0.326 e. The molecule has 0 fully saturated rings. The quantitative estimate of drug-likeness (QED) is 0.531. The van der Waals surface area contributed by atoms with Crippen molar-refractivity contribution in [2.75, 3.05) is 20.8 Å². The molecule has 1 aromatic heterocycles. The van der Waals surface area contributed by atoms with Crippen LogP contribution in [0.1, 0.15) is 10.5 Å². The molecule has 9 nitrogen and oxygen atoms in total. The fourth-order valence-electron chi connectivity index (χ4n) is 1.59. The summed E-state index contributed by atoms with van der Waals surface area (Å²) in [5.74, 6) is -1.37. The van der Waals surface area contributed by atoms with Gasteiger partial charge in [0, 0.05) is 20.3 Å². The summed E-state index contributed by atoms with van der Waals surface area (Å²) >= 11 is 0. The second-order valence-electron chi connectivity index (χ2n) is 4.13. The second-order valence-corrected chi connectivity index (χ2v) is 5.84. The maximum atomic E-state index is 12.1. The number of aliphatic hydroxyl groups excluding tert-OH is 1. The molecule has 1 rings (SSSR count). The zero-order valence-corrected chi connectivity index (χ0v) is 12.6. The molecule has 3 N–H and O–H groups in total. The monoisotopic (exact) mass is 319 g/mol. The van der Waals surface area contributed by atoms with Gasteiger partial charge >= 0.3 is 5.97 Å². The number of ether oxygens (including phenoxy) is 1. The first kappa shape index (κ1) is 17.1. The summed E-state index contributed by atoms with van der Waals surface area (Å²) in [6.07, 6.45) is 1.22. The molecule has 118 valence electrons. The van der Waals surface area contributed by atoms with E-state index in [4.69, 9.17) is 5.11 Å². The molecule has 1 amide bonds. The number of amides is 1. The molecule has 1 heterocycles. The fraction of sp³-hybridized carbons (Fsp3) is 0.455. The Kier molecular flexibility index (Phi) is 5.47. The second kappa shape index (κ2) is 6.70. The van der Waals surface area contributed by atoms with E-state index in [9.17, 15) is 18.0 Å². The number of esters is 1. The third kappa shape index (κ3) is 3.80. The van der Waals surface area contributed by atoms with E-state index >= 15 is 0 Å². The normalized spacial score (nSPS) is 12.8. The molecule has 0 spiro atoms. The Morgan fingerprint density at radius 2 is 2.10 bits per heavy atom. The number of methoxy groups -OCH3 is 1. The van der Waals surface area contributed by atoms with E-state index < -0.39 is 34.5 Å². The van der Waals surface area contributed by atoms with Crippen LogP contribution in [0.2, 0.25) is 0 Å². The third-order valence-electron chi connectivity index (χ3n) is 2.72. The largest absolute Gasteiger partial charge is 0.468 e. The summed E-state index contributed by atoms with van der Waals surface area (Å²) in [5.41, 5.74) is 0.136. The molecule has 0 aliphatic rings. The highest BCUT2D eigenvalue weighted by molar-refractivity contribution is 7.89. The van der Waals surface area contributed by atoms with Crippen LogP contribution in [-0.2, 0) is 26.6 Å². The van der Waals surface area contributed by atoms with E-state index in [0.29, 0.717) is 0 Å². The topological polar surface area (TPSA) is 127 Å². The van der Waals surface area contributed by atoms with Gasteiger partial charge in [0.25, 0.3) is 5.91 Å². The molecule has 0 aliphatic heterocycles. The molecule has 0 saturated carbocycles. The number of aliphatic hydroxyl groups is 1. The fourth-order valence-corrected chi connectivity index (χ4v) is 2.84. The van der Waals surface area contributed by atoms with Crippen LogP contribution >= 0.6 is 0 Å². The summed E-state index contributed by atoms with van der Waals surface area (Å²) in [5, 5.41) is 11.4. The van der Waals surface area contributed by atoms with Crippen LogP contribution in [0.3, 0.4) is 0 Å². The Balaban J connectivity index is 3.08. The van der Waals surface area contributed by atoms with Crippen molar-refractivity contribution in [2.24, 2.45) is 7.05 Å². The number of aromatic nitrogens is 1. The Labute approximate surface area is 121 Å². The Bertz CT molecular complexity index is 636. The summed E-state index contributed by atoms with van der Waals surface area (Å²) in [4.78, 5) is 22.6. The van der Waals surface area contributed by atoms with E-state index in [1.165, 1.54) is 24.9 Å². The molecule has 0 aromatic carbocycles. The highest BCUT2D eigenvalue weighted by Gasteiger charge is 2.27. The van der Waals surface area contributed by atoms with Gasteiger partial charge in [-0.25, -0.2) is 8.42 Å². The van der Waals surface area contributed by atoms with Gasteiger partial charge in [-0.15, -0.1) is 0 Å². The zero-order valence-electron chi connectivity index (χ0n) is 11.8. The van der Waals surface area contributed by atoms with Crippen molar-refractivity contribution < 1.29 is 27.9 Å². The lowest BCUT2D eigenvalue weighted by Crippen LogP contribution is -2.43. The van der Waals surface area contributed by atoms with Crippen LogP contribution in [0.4, 0.5) is 0 Å². The third-order valence-corrected chi connectivity index (χ3v) is 4.15. The summed E-state index contributed by atoms with van der Waals surface area (Å²) in [6.45, 7) is -0.749. The maximum absolute atomic E-state index is 12.1. The van der Waals surface area contributed by atoms with Crippen LogP contribution in [0.5, 0.6) is 0 Å². The predicted molar refractivity (Wildman–Crippen MR) is 72.0 cm³/mol. The van der Waals surface area contributed by atoms with Gasteiger partial charge < -0.3 is 19.7 Å². The van der Waals surface area contributed by atoms with Crippen molar-refractivity contribution >= 4 is 21.9 Å². The number of nitrogens with one attached hydrogen (secondary N) is 2. The van der Waals surface area contributed by atoms with Crippen molar-refractivity contribution in [3.05, 3.63) is 18.0 Å². The van der Waals surface area contributed by atoms with Gasteiger partial charge in [0.2, 0.25) is 10.0 Å². The highest BCUT2D eigenvalue weighted by Crippen LogP contribution is 2.14. The van der Waals surface area contributed by atoms with Gasteiger partial charge in [0.1, 0.15) is 16.6 Å². The average Bonchev–Trinajstić information content (AvgIpc) is 2.86. The van der Waals surface area contributed by atoms with Gasteiger partial charge in [-0.2, -0.15) is 4.72 Å². The molecule has 1 unspecified atom stereocenters. The van der Waals surface area contributed by atoms with Gasteiger partial charge in [0.15, 0.2) is 0 Å². The van der Waals surface area contributed by atoms with E-state index in [0.717, 1.165) is 13.2 Å². The van der Waals surface area contributed by atoms with E-state index in [1.807, 2.05) is 4.72 Å². The average molecular weight is 319 g/mol. The number of hydrogen-bond donors (Lipinski definition) is 3. The first-order chi connectivity index (χ1) is 9.76. The molecule has 0 bridgehead atoms.